The number of methoxy groups -OCH3 is 1. The molecule has 148 valence electrons. The van der Waals surface area contributed by atoms with Crippen LogP contribution in [-0.2, 0) is 10.9 Å². The topological polar surface area (TPSA) is 88.0 Å². The molecule has 0 radical (unpaired) electrons. The lowest BCUT2D eigenvalue weighted by atomic mass is 10.00. The average molecular weight is 379 g/mol. The Morgan fingerprint density at radius 3 is 2.35 bits per heavy atom. The molecule has 6 nitrogen and oxygen atoms in total. The molecule has 0 aliphatic heterocycles. The fourth-order valence-corrected chi connectivity index (χ4v) is 2.14. The minimum atomic E-state index is -4.59. The molecule has 0 aromatic heterocycles. The quantitative estimate of drug-likeness (QED) is 0.707. The second-order valence-electron chi connectivity index (χ2n) is 6.69. The summed E-state index contributed by atoms with van der Waals surface area (Å²) in [6.45, 7) is 5.11. The lowest BCUT2D eigenvalue weighted by Crippen LogP contribution is -2.34. The number of benzene rings is 1. The van der Waals surface area contributed by atoms with Crippen molar-refractivity contribution in [2.75, 3.05) is 13.7 Å². The highest BCUT2D eigenvalue weighted by molar-refractivity contribution is 5.67. The predicted octanol–water partition coefficient (Wildman–Crippen LogP) is 3.02. The molecule has 2 unspecified atom stereocenters. The molecule has 0 saturated carbocycles. The standard InChI is InChI=1S/C17H24F3NO5/c1-16(2,3)26-15(24)21-8-7-12(22)14(23)10-5-6-11(17(18,19)20)13(9-10)25-4/h5-6,9,12,14,22-23H,7-8H2,1-4H3,(H,21,24). The van der Waals surface area contributed by atoms with Gasteiger partial charge in [0.2, 0.25) is 0 Å². The maximum absolute atomic E-state index is 12.8. The maximum Gasteiger partial charge on any atom is 0.419 e. The van der Waals surface area contributed by atoms with Crippen molar-refractivity contribution in [3.8, 4) is 5.75 Å². The monoisotopic (exact) mass is 379 g/mol. The van der Waals surface area contributed by atoms with Crippen molar-refractivity contribution >= 4 is 6.09 Å². The zero-order chi connectivity index (χ0) is 20.1. The van der Waals surface area contributed by atoms with Gasteiger partial charge in [-0.25, -0.2) is 4.79 Å². The first kappa shape index (κ1) is 22.0. The van der Waals surface area contributed by atoms with E-state index in [4.69, 9.17) is 9.47 Å². The Morgan fingerprint density at radius 2 is 1.85 bits per heavy atom. The molecule has 0 heterocycles. The summed E-state index contributed by atoms with van der Waals surface area (Å²) in [7, 11) is 1.09. The van der Waals surface area contributed by atoms with Gasteiger partial charge in [-0.1, -0.05) is 6.07 Å². The van der Waals surface area contributed by atoms with Crippen molar-refractivity contribution in [2.24, 2.45) is 0 Å². The molecule has 1 rings (SSSR count). The van der Waals surface area contributed by atoms with Gasteiger partial charge >= 0.3 is 12.3 Å². The van der Waals surface area contributed by atoms with Crippen molar-refractivity contribution in [3.63, 3.8) is 0 Å². The molecular weight excluding hydrogens is 355 g/mol. The highest BCUT2D eigenvalue weighted by Gasteiger charge is 2.35. The van der Waals surface area contributed by atoms with Crippen LogP contribution in [-0.4, -0.2) is 41.7 Å². The van der Waals surface area contributed by atoms with Gasteiger partial charge < -0.3 is 25.0 Å². The van der Waals surface area contributed by atoms with Gasteiger partial charge in [-0.15, -0.1) is 0 Å². The van der Waals surface area contributed by atoms with Gasteiger partial charge in [-0.05, 0) is 44.9 Å². The maximum atomic E-state index is 12.8. The third-order valence-corrected chi connectivity index (χ3v) is 3.35. The van der Waals surface area contributed by atoms with E-state index in [1.54, 1.807) is 20.8 Å². The number of halogens is 3. The average Bonchev–Trinajstić information content (AvgIpc) is 2.50. The van der Waals surface area contributed by atoms with Gasteiger partial charge in [0.1, 0.15) is 17.5 Å². The Bertz CT molecular complexity index is 613. The summed E-state index contributed by atoms with van der Waals surface area (Å²) in [6.07, 6.45) is -8.03. The van der Waals surface area contributed by atoms with Crippen molar-refractivity contribution in [2.45, 2.75) is 51.2 Å². The highest BCUT2D eigenvalue weighted by Crippen LogP contribution is 2.37. The van der Waals surface area contributed by atoms with E-state index in [2.05, 4.69) is 5.32 Å². The number of carbonyl (C=O) groups excluding carboxylic acids is 1. The van der Waals surface area contributed by atoms with E-state index < -0.39 is 41.4 Å². The van der Waals surface area contributed by atoms with Crippen LogP contribution in [0.5, 0.6) is 5.75 Å². The normalized spacial score (nSPS) is 14.5. The summed E-state index contributed by atoms with van der Waals surface area (Å²) in [6, 6.07) is 2.88. The number of nitrogens with one attached hydrogen (secondary N) is 1. The number of alkyl halides is 3. The van der Waals surface area contributed by atoms with Gasteiger partial charge in [0, 0.05) is 6.54 Å². The number of amides is 1. The first-order valence-electron chi connectivity index (χ1n) is 7.93. The lowest BCUT2D eigenvalue weighted by molar-refractivity contribution is -0.138. The Morgan fingerprint density at radius 1 is 1.23 bits per heavy atom. The molecule has 0 fully saturated rings. The van der Waals surface area contributed by atoms with Crippen LogP contribution in [0.4, 0.5) is 18.0 Å². The van der Waals surface area contributed by atoms with Gasteiger partial charge in [0.15, 0.2) is 0 Å². The van der Waals surface area contributed by atoms with Gasteiger partial charge in [-0.2, -0.15) is 13.2 Å². The molecule has 0 aliphatic carbocycles. The molecule has 1 amide bonds. The Labute approximate surface area is 149 Å². The molecule has 1 aromatic carbocycles. The number of carbonyl (C=O) groups is 1. The predicted molar refractivity (Wildman–Crippen MR) is 87.8 cm³/mol. The number of rotatable bonds is 6. The van der Waals surface area contributed by atoms with E-state index in [1.807, 2.05) is 0 Å². The molecule has 0 bridgehead atoms. The molecule has 26 heavy (non-hydrogen) atoms. The summed E-state index contributed by atoms with van der Waals surface area (Å²) in [5.74, 6) is -0.451. The molecule has 0 saturated heterocycles. The zero-order valence-corrected chi connectivity index (χ0v) is 15.1. The Balaban J connectivity index is 2.68. The SMILES string of the molecule is COc1cc(C(O)C(O)CCNC(=O)OC(C)(C)C)ccc1C(F)(F)F. The minimum Gasteiger partial charge on any atom is -0.496 e. The Kier molecular flexibility index (Phi) is 7.28. The highest BCUT2D eigenvalue weighted by atomic mass is 19.4. The molecule has 1 aromatic rings. The van der Waals surface area contributed by atoms with Gasteiger partial charge in [0.25, 0.3) is 0 Å². The van der Waals surface area contributed by atoms with E-state index in [0.29, 0.717) is 0 Å². The van der Waals surface area contributed by atoms with Crippen LogP contribution in [0.15, 0.2) is 18.2 Å². The number of hydrogen-bond acceptors (Lipinski definition) is 5. The van der Waals surface area contributed by atoms with E-state index >= 15 is 0 Å². The van der Waals surface area contributed by atoms with E-state index in [0.717, 1.165) is 25.3 Å². The lowest BCUT2D eigenvalue weighted by Gasteiger charge is -2.22. The molecule has 9 heteroatoms. The number of alkyl carbamates (subject to hydrolysis) is 1. The fraction of sp³-hybridized carbons (Fsp3) is 0.588. The van der Waals surface area contributed by atoms with Crippen LogP contribution in [0.2, 0.25) is 0 Å². The summed E-state index contributed by atoms with van der Waals surface area (Å²) in [5, 5.41) is 22.6. The van der Waals surface area contributed by atoms with Crippen LogP contribution in [0.1, 0.15) is 44.4 Å². The van der Waals surface area contributed by atoms with E-state index in [-0.39, 0.29) is 18.5 Å². The second-order valence-corrected chi connectivity index (χ2v) is 6.69. The third-order valence-electron chi connectivity index (χ3n) is 3.35. The van der Waals surface area contributed by atoms with Crippen molar-refractivity contribution in [1.29, 1.82) is 0 Å². The fourth-order valence-electron chi connectivity index (χ4n) is 2.14. The third kappa shape index (κ3) is 6.72. The number of hydrogen-bond donors (Lipinski definition) is 3. The smallest absolute Gasteiger partial charge is 0.419 e. The largest absolute Gasteiger partial charge is 0.496 e. The molecular formula is C17H24F3NO5. The van der Waals surface area contributed by atoms with Crippen molar-refractivity contribution < 1.29 is 37.7 Å². The van der Waals surface area contributed by atoms with E-state index in [9.17, 15) is 28.2 Å². The molecule has 0 aliphatic rings. The first-order chi connectivity index (χ1) is 11.8. The molecule has 3 N–H and O–H groups in total. The van der Waals surface area contributed by atoms with Crippen LogP contribution in [0.3, 0.4) is 0 Å². The van der Waals surface area contributed by atoms with E-state index in [1.165, 1.54) is 0 Å². The number of ether oxygens (including phenoxy) is 2. The summed E-state index contributed by atoms with van der Waals surface area (Å²) < 4.78 is 48.3. The summed E-state index contributed by atoms with van der Waals surface area (Å²) in [4.78, 5) is 11.5. The van der Waals surface area contributed by atoms with Crippen molar-refractivity contribution in [3.05, 3.63) is 29.3 Å². The molecule has 2 atom stereocenters. The summed E-state index contributed by atoms with van der Waals surface area (Å²) >= 11 is 0. The number of aliphatic hydroxyl groups is 2. The van der Waals surface area contributed by atoms with Crippen LogP contribution >= 0.6 is 0 Å². The van der Waals surface area contributed by atoms with Gasteiger partial charge in [0.05, 0.1) is 18.8 Å². The zero-order valence-electron chi connectivity index (χ0n) is 15.1. The second kappa shape index (κ2) is 8.59. The van der Waals surface area contributed by atoms with Crippen LogP contribution < -0.4 is 10.1 Å². The van der Waals surface area contributed by atoms with Crippen molar-refractivity contribution in [1.82, 2.24) is 5.32 Å². The number of aliphatic hydroxyl groups excluding tert-OH is 2. The minimum absolute atomic E-state index is 0.0188. The first-order valence-corrected chi connectivity index (χ1v) is 7.93. The molecule has 0 spiro atoms. The van der Waals surface area contributed by atoms with Gasteiger partial charge in [-0.3, -0.25) is 0 Å². The Hall–Kier alpha value is -2.00. The van der Waals surface area contributed by atoms with Crippen LogP contribution in [0, 0.1) is 0 Å². The summed E-state index contributed by atoms with van der Waals surface area (Å²) in [5.41, 5.74) is -1.57. The van der Waals surface area contributed by atoms with Crippen LogP contribution in [0.25, 0.3) is 0 Å².